The highest BCUT2D eigenvalue weighted by molar-refractivity contribution is 5.71. The van der Waals surface area contributed by atoms with Gasteiger partial charge in [-0.1, -0.05) is 227 Å². The molecule has 0 amide bonds. The van der Waals surface area contributed by atoms with E-state index in [1.165, 1.54) is 103 Å². The van der Waals surface area contributed by atoms with Gasteiger partial charge < -0.3 is 14.2 Å². The maximum Gasteiger partial charge on any atom is 0.306 e. The summed E-state index contributed by atoms with van der Waals surface area (Å²) in [5.41, 5.74) is 0. The van der Waals surface area contributed by atoms with E-state index in [0.29, 0.717) is 19.3 Å². The van der Waals surface area contributed by atoms with Crippen LogP contribution < -0.4 is 0 Å². The van der Waals surface area contributed by atoms with Gasteiger partial charge in [0.1, 0.15) is 13.2 Å². The molecule has 0 saturated carbocycles. The Morgan fingerprint density at radius 2 is 0.641 bits per heavy atom. The fourth-order valence-corrected chi connectivity index (χ4v) is 6.99. The monoisotopic (exact) mass is 889 g/mol. The number of ether oxygens (including phenoxy) is 3. The number of unbranched alkanes of at least 4 members (excludes halogenated alkanes) is 24. The van der Waals surface area contributed by atoms with Crippen LogP contribution in [-0.4, -0.2) is 37.2 Å². The van der Waals surface area contributed by atoms with Gasteiger partial charge in [0.25, 0.3) is 0 Å². The molecule has 0 aliphatic heterocycles. The molecule has 364 valence electrons. The van der Waals surface area contributed by atoms with Gasteiger partial charge in [0.05, 0.1) is 0 Å². The van der Waals surface area contributed by atoms with Gasteiger partial charge in [-0.3, -0.25) is 14.4 Å². The third kappa shape index (κ3) is 49.3. The molecule has 0 N–H and O–H groups in total. The highest BCUT2D eigenvalue weighted by Crippen LogP contribution is 2.14. The molecule has 1 unspecified atom stereocenters. The van der Waals surface area contributed by atoms with Crippen LogP contribution in [0.1, 0.15) is 233 Å². The minimum absolute atomic E-state index is 0.110. The standard InChI is InChI=1S/C58H96O6/c1-4-7-10-13-16-19-22-25-27-28-29-31-33-36-39-42-45-48-51-57(60)63-54-55(53-62-56(59)50-47-44-41-38-35-32-24-21-18-15-12-9-6-3)64-58(61)52-49-46-43-40-37-34-30-26-23-20-17-14-11-8-5-2/h9,12,15,17-18,20-21,23-24,26,29,31-32,35,38,41,55H,4-8,10-11,13-14,16,19,22,25,27-28,30,33-34,36-37,39-40,42-54H2,1-3H3/b12-9+,18-15+,20-17+,24-21+,26-23+,31-29+,35-32+,41-38+. The van der Waals surface area contributed by atoms with Crippen molar-refractivity contribution < 1.29 is 28.6 Å². The molecule has 0 aliphatic rings. The van der Waals surface area contributed by atoms with Crippen molar-refractivity contribution in [3.05, 3.63) is 97.2 Å². The van der Waals surface area contributed by atoms with Crippen molar-refractivity contribution in [1.29, 1.82) is 0 Å². The predicted octanol–water partition coefficient (Wildman–Crippen LogP) is 17.4. The van der Waals surface area contributed by atoms with Gasteiger partial charge in [-0.15, -0.1) is 0 Å². The van der Waals surface area contributed by atoms with E-state index < -0.39 is 6.10 Å². The lowest BCUT2D eigenvalue weighted by Crippen LogP contribution is -2.30. The summed E-state index contributed by atoms with van der Waals surface area (Å²) in [7, 11) is 0. The highest BCUT2D eigenvalue weighted by Gasteiger charge is 2.19. The van der Waals surface area contributed by atoms with Crippen molar-refractivity contribution in [3.8, 4) is 0 Å². The van der Waals surface area contributed by atoms with E-state index >= 15 is 0 Å². The van der Waals surface area contributed by atoms with Crippen LogP contribution in [0.3, 0.4) is 0 Å². The molecular weight excluding hydrogens is 793 g/mol. The predicted molar refractivity (Wildman–Crippen MR) is 274 cm³/mol. The number of rotatable bonds is 46. The summed E-state index contributed by atoms with van der Waals surface area (Å²) in [6, 6.07) is 0. The molecule has 1 atom stereocenters. The molecule has 0 spiro atoms. The van der Waals surface area contributed by atoms with Gasteiger partial charge >= 0.3 is 17.9 Å². The van der Waals surface area contributed by atoms with Crippen molar-refractivity contribution in [2.24, 2.45) is 0 Å². The first-order valence-corrected chi connectivity index (χ1v) is 26.3. The number of hydrogen-bond donors (Lipinski definition) is 0. The maximum atomic E-state index is 12.8. The van der Waals surface area contributed by atoms with Gasteiger partial charge in [-0.05, 0) is 83.5 Å². The summed E-state index contributed by atoms with van der Waals surface area (Å²) in [4.78, 5) is 38.0. The molecule has 0 radical (unpaired) electrons. The van der Waals surface area contributed by atoms with E-state index in [1.807, 2.05) is 54.7 Å². The van der Waals surface area contributed by atoms with E-state index in [1.54, 1.807) is 0 Å². The number of hydrogen-bond acceptors (Lipinski definition) is 6. The van der Waals surface area contributed by atoms with E-state index in [4.69, 9.17) is 14.2 Å². The van der Waals surface area contributed by atoms with Crippen LogP contribution in [0.2, 0.25) is 0 Å². The number of carbonyl (C=O) groups excluding carboxylic acids is 3. The SMILES string of the molecule is CC/C=C/C=C/C=C/C=C/C=C/CCCC(=O)OCC(COC(=O)CCCCCCC/C=C/CCCCCCCCCCC)OC(=O)CCCCCCCC/C=C/C=C/CCCCC. The van der Waals surface area contributed by atoms with Crippen LogP contribution in [0.15, 0.2) is 97.2 Å². The summed E-state index contributed by atoms with van der Waals surface area (Å²) in [6.07, 6.45) is 68.3. The minimum atomic E-state index is -0.816. The molecule has 0 aliphatic carbocycles. The van der Waals surface area contributed by atoms with Crippen molar-refractivity contribution in [1.82, 2.24) is 0 Å². The van der Waals surface area contributed by atoms with Gasteiger partial charge in [0.15, 0.2) is 6.10 Å². The normalized spacial score (nSPS) is 12.9. The molecule has 0 aromatic rings. The van der Waals surface area contributed by atoms with E-state index in [9.17, 15) is 14.4 Å². The summed E-state index contributed by atoms with van der Waals surface area (Å²) >= 11 is 0. The Kier molecular flexibility index (Phi) is 49.0. The average Bonchev–Trinajstić information content (AvgIpc) is 3.29. The summed E-state index contributed by atoms with van der Waals surface area (Å²) in [5.74, 6) is -1.01. The van der Waals surface area contributed by atoms with Crippen molar-refractivity contribution >= 4 is 17.9 Å². The fraction of sp³-hybridized carbons (Fsp3) is 0.672. The lowest BCUT2D eigenvalue weighted by Gasteiger charge is -2.18. The third-order valence-electron chi connectivity index (χ3n) is 10.9. The Balaban J connectivity index is 4.49. The largest absolute Gasteiger partial charge is 0.462 e. The van der Waals surface area contributed by atoms with Crippen LogP contribution in [0.25, 0.3) is 0 Å². The number of esters is 3. The first kappa shape index (κ1) is 60.3. The lowest BCUT2D eigenvalue weighted by molar-refractivity contribution is -0.167. The zero-order chi connectivity index (χ0) is 46.5. The summed E-state index contributed by atoms with van der Waals surface area (Å²) in [5, 5.41) is 0. The molecule has 0 heterocycles. The number of carbonyl (C=O) groups is 3. The van der Waals surface area contributed by atoms with Crippen molar-refractivity contribution in [2.75, 3.05) is 13.2 Å². The van der Waals surface area contributed by atoms with Crippen LogP contribution in [-0.2, 0) is 28.6 Å². The quantitative estimate of drug-likeness (QED) is 0.0199. The minimum Gasteiger partial charge on any atom is -0.462 e. The third-order valence-corrected chi connectivity index (χ3v) is 10.9. The number of allylic oxidation sites excluding steroid dienone is 16. The summed E-state index contributed by atoms with van der Waals surface area (Å²) < 4.78 is 16.7. The van der Waals surface area contributed by atoms with Gasteiger partial charge in [0.2, 0.25) is 0 Å². The molecule has 0 saturated heterocycles. The molecule has 0 rings (SSSR count). The maximum absolute atomic E-state index is 12.8. The second-order valence-corrected chi connectivity index (χ2v) is 17.2. The zero-order valence-electron chi connectivity index (χ0n) is 41.5. The van der Waals surface area contributed by atoms with Crippen molar-refractivity contribution in [2.45, 2.75) is 239 Å². The van der Waals surface area contributed by atoms with Crippen molar-refractivity contribution in [3.63, 3.8) is 0 Å². The van der Waals surface area contributed by atoms with E-state index in [0.717, 1.165) is 83.5 Å². The van der Waals surface area contributed by atoms with Crippen LogP contribution >= 0.6 is 0 Å². The lowest BCUT2D eigenvalue weighted by atomic mass is 10.1. The van der Waals surface area contributed by atoms with Gasteiger partial charge in [0, 0.05) is 19.3 Å². The smallest absolute Gasteiger partial charge is 0.306 e. The fourth-order valence-electron chi connectivity index (χ4n) is 6.99. The molecule has 64 heavy (non-hydrogen) atoms. The van der Waals surface area contributed by atoms with E-state index in [-0.39, 0.29) is 37.5 Å². The Labute approximate surface area is 394 Å². The topological polar surface area (TPSA) is 78.9 Å². The Hall–Kier alpha value is -3.67. The molecular formula is C58H96O6. The highest BCUT2D eigenvalue weighted by atomic mass is 16.6. The second-order valence-electron chi connectivity index (χ2n) is 17.2. The second kappa shape index (κ2) is 52.0. The zero-order valence-corrected chi connectivity index (χ0v) is 41.5. The van der Waals surface area contributed by atoms with Gasteiger partial charge in [-0.25, -0.2) is 0 Å². The Morgan fingerprint density at radius 1 is 0.328 bits per heavy atom. The molecule has 6 nitrogen and oxygen atoms in total. The van der Waals surface area contributed by atoms with Crippen LogP contribution in [0.5, 0.6) is 0 Å². The molecule has 0 bridgehead atoms. The average molecular weight is 889 g/mol. The Morgan fingerprint density at radius 3 is 1.11 bits per heavy atom. The summed E-state index contributed by atoms with van der Waals surface area (Å²) in [6.45, 7) is 6.38. The van der Waals surface area contributed by atoms with Gasteiger partial charge in [-0.2, -0.15) is 0 Å². The molecule has 0 fully saturated rings. The first-order valence-electron chi connectivity index (χ1n) is 26.3. The first-order chi connectivity index (χ1) is 31.5. The van der Waals surface area contributed by atoms with Crippen LogP contribution in [0.4, 0.5) is 0 Å². The Bertz CT molecular complexity index is 1300. The molecule has 0 aromatic carbocycles. The van der Waals surface area contributed by atoms with E-state index in [2.05, 4.69) is 63.3 Å². The molecule has 6 heteroatoms. The van der Waals surface area contributed by atoms with Crippen LogP contribution in [0, 0.1) is 0 Å². The molecule has 0 aromatic heterocycles.